The number of nitro benzene ring substituents is 1. The van der Waals surface area contributed by atoms with Crippen molar-refractivity contribution in [2.45, 2.75) is 0 Å². The summed E-state index contributed by atoms with van der Waals surface area (Å²) in [5, 5.41) is 17.7. The Kier molecular flexibility index (Phi) is 6.40. The van der Waals surface area contributed by atoms with Crippen LogP contribution in [0.5, 0.6) is 0 Å². The SMILES string of the molecule is O=C(COC(=O)c1cc(-c2ccccc2)nn1-c1ccccc1)Nc1ccc(F)c([N+](=O)[O-])c1. The lowest BCUT2D eigenvalue weighted by Crippen LogP contribution is -2.22. The standard InChI is InChI=1S/C24H17FN4O5/c25-19-12-11-17(13-21(19)29(32)33)26-23(30)15-34-24(31)22-14-20(16-7-3-1-4-8-16)27-28(22)18-9-5-2-6-10-18/h1-14H,15H2,(H,26,30). The largest absolute Gasteiger partial charge is 0.451 e. The number of nitro groups is 1. The predicted octanol–water partition coefficient (Wildman–Crippen LogP) is 4.38. The van der Waals surface area contributed by atoms with Crippen LogP contribution in [0, 0.1) is 15.9 Å². The molecule has 4 rings (SSSR count). The first-order valence-corrected chi connectivity index (χ1v) is 10.0. The smallest absolute Gasteiger partial charge is 0.357 e. The molecule has 0 radical (unpaired) electrons. The number of para-hydroxylation sites is 1. The number of halogens is 1. The fraction of sp³-hybridized carbons (Fsp3) is 0.0417. The van der Waals surface area contributed by atoms with Gasteiger partial charge in [-0.3, -0.25) is 14.9 Å². The summed E-state index contributed by atoms with van der Waals surface area (Å²) in [5.74, 6) is -2.57. The number of hydrogen-bond donors (Lipinski definition) is 1. The molecule has 10 heteroatoms. The highest BCUT2D eigenvalue weighted by atomic mass is 19.1. The number of carbonyl (C=O) groups excluding carboxylic acids is 2. The van der Waals surface area contributed by atoms with Crippen molar-refractivity contribution in [2.75, 3.05) is 11.9 Å². The van der Waals surface area contributed by atoms with Gasteiger partial charge in [0.1, 0.15) is 0 Å². The van der Waals surface area contributed by atoms with Crippen LogP contribution in [0.3, 0.4) is 0 Å². The lowest BCUT2D eigenvalue weighted by atomic mass is 10.1. The van der Waals surface area contributed by atoms with Crippen molar-refractivity contribution in [2.24, 2.45) is 0 Å². The van der Waals surface area contributed by atoms with Gasteiger partial charge in [0.05, 0.1) is 16.3 Å². The Balaban J connectivity index is 1.51. The minimum Gasteiger partial charge on any atom is -0.451 e. The van der Waals surface area contributed by atoms with Crippen LogP contribution in [0.2, 0.25) is 0 Å². The van der Waals surface area contributed by atoms with Gasteiger partial charge in [0, 0.05) is 17.3 Å². The van der Waals surface area contributed by atoms with E-state index in [-0.39, 0.29) is 11.4 Å². The van der Waals surface area contributed by atoms with E-state index >= 15 is 0 Å². The van der Waals surface area contributed by atoms with Gasteiger partial charge >= 0.3 is 11.7 Å². The summed E-state index contributed by atoms with van der Waals surface area (Å²) >= 11 is 0. The molecule has 0 atom stereocenters. The number of esters is 1. The second-order valence-corrected chi connectivity index (χ2v) is 7.08. The maximum absolute atomic E-state index is 13.5. The van der Waals surface area contributed by atoms with Gasteiger partial charge in [0.25, 0.3) is 5.91 Å². The monoisotopic (exact) mass is 460 g/mol. The van der Waals surface area contributed by atoms with Crippen LogP contribution < -0.4 is 5.32 Å². The van der Waals surface area contributed by atoms with Crippen molar-refractivity contribution >= 4 is 23.3 Å². The van der Waals surface area contributed by atoms with Gasteiger partial charge < -0.3 is 10.1 Å². The maximum atomic E-state index is 13.5. The third-order valence-electron chi connectivity index (χ3n) is 4.75. The molecule has 0 aliphatic heterocycles. The second kappa shape index (κ2) is 9.74. The number of rotatable bonds is 7. The maximum Gasteiger partial charge on any atom is 0.357 e. The Bertz CT molecular complexity index is 1360. The summed E-state index contributed by atoms with van der Waals surface area (Å²) in [6.45, 7) is -0.662. The highest BCUT2D eigenvalue weighted by Crippen LogP contribution is 2.23. The highest BCUT2D eigenvalue weighted by molar-refractivity contribution is 5.95. The number of nitrogens with one attached hydrogen (secondary N) is 1. The molecule has 0 spiro atoms. The molecule has 170 valence electrons. The zero-order valence-electron chi connectivity index (χ0n) is 17.6. The average Bonchev–Trinajstić information content (AvgIpc) is 3.30. The van der Waals surface area contributed by atoms with E-state index in [4.69, 9.17) is 4.74 Å². The molecule has 1 heterocycles. The number of nitrogens with zero attached hydrogens (tertiary/aromatic N) is 3. The molecular weight excluding hydrogens is 443 g/mol. The van der Waals surface area contributed by atoms with Crippen molar-refractivity contribution in [3.8, 4) is 16.9 Å². The summed E-state index contributed by atoms with van der Waals surface area (Å²) in [6.07, 6.45) is 0. The molecule has 1 amide bonds. The van der Waals surface area contributed by atoms with Gasteiger partial charge in [-0.25, -0.2) is 9.48 Å². The van der Waals surface area contributed by atoms with Gasteiger partial charge in [-0.15, -0.1) is 0 Å². The van der Waals surface area contributed by atoms with Crippen molar-refractivity contribution < 1.29 is 23.6 Å². The van der Waals surface area contributed by atoms with Crippen LogP contribution >= 0.6 is 0 Å². The van der Waals surface area contributed by atoms with Crippen LogP contribution in [0.4, 0.5) is 15.8 Å². The van der Waals surface area contributed by atoms with Crippen LogP contribution in [-0.4, -0.2) is 33.2 Å². The summed E-state index contributed by atoms with van der Waals surface area (Å²) in [4.78, 5) is 35.0. The van der Waals surface area contributed by atoms with E-state index in [0.29, 0.717) is 11.4 Å². The topological polar surface area (TPSA) is 116 Å². The number of anilines is 1. The van der Waals surface area contributed by atoms with Gasteiger partial charge in [-0.1, -0.05) is 48.5 Å². The van der Waals surface area contributed by atoms with E-state index in [2.05, 4.69) is 10.4 Å². The summed E-state index contributed by atoms with van der Waals surface area (Å²) in [6, 6.07) is 22.7. The Morgan fingerprint density at radius 3 is 2.35 bits per heavy atom. The minimum absolute atomic E-state index is 0.00478. The molecule has 34 heavy (non-hydrogen) atoms. The van der Waals surface area contributed by atoms with Gasteiger partial charge in [-0.05, 0) is 30.3 Å². The van der Waals surface area contributed by atoms with E-state index in [1.807, 2.05) is 36.4 Å². The summed E-state index contributed by atoms with van der Waals surface area (Å²) < 4.78 is 20.0. The van der Waals surface area contributed by atoms with Crippen LogP contribution in [0.1, 0.15) is 10.5 Å². The zero-order valence-corrected chi connectivity index (χ0v) is 17.6. The fourth-order valence-corrected chi connectivity index (χ4v) is 3.17. The molecule has 0 saturated heterocycles. The Morgan fingerprint density at radius 1 is 1.00 bits per heavy atom. The third-order valence-corrected chi connectivity index (χ3v) is 4.75. The fourth-order valence-electron chi connectivity index (χ4n) is 3.17. The lowest BCUT2D eigenvalue weighted by Gasteiger charge is -2.08. The van der Waals surface area contributed by atoms with Crippen molar-refractivity contribution in [1.82, 2.24) is 9.78 Å². The van der Waals surface area contributed by atoms with Crippen molar-refractivity contribution in [3.05, 3.63) is 107 Å². The van der Waals surface area contributed by atoms with E-state index in [1.165, 1.54) is 10.7 Å². The van der Waals surface area contributed by atoms with Crippen molar-refractivity contribution in [1.29, 1.82) is 0 Å². The molecule has 3 aromatic carbocycles. The lowest BCUT2D eigenvalue weighted by molar-refractivity contribution is -0.387. The normalized spacial score (nSPS) is 10.5. The minimum atomic E-state index is -1.03. The van der Waals surface area contributed by atoms with E-state index in [0.717, 1.165) is 17.7 Å². The van der Waals surface area contributed by atoms with Gasteiger partial charge in [0.2, 0.25) is 5.82 Å². The van der Waals surface area contributed by atoms with Crippen LogP contribution in [-0.2, 0) is 9.53 Å². The quantitative estimate of drug-likeness (QED) is 0.249. The number of hydrogen-bond acceptors (Lipinski definition) is 6. The third kappa shape index (κ3) is 4.96. The van der Waals surface area contributed by atoms with E-state index in [9.17, 15) is 24.1 Å². The Hall–Kier alpha value is -4.86. The molecule has 0 bridgehead atoms. The molecule has 0 fully saturated rings. The Labute approximate surface area is 192 Å². The molecule has 1 N–H and O–H groups in total. The molecule has 1 aromatic heterocycles. The number of ether oxygens (including phenoxy) is 1. The Morgan fingerprint density at radius 2 is 1.68 bits per heavy atom. The molecule has 4 aromatic rings. The first kappa shape index (κ1) is 22.3. The van der Waals surface area contributed by atoms with Crippen LogP contribution in [0.15, 0.2) is 84.9 Å². The zero-order chi connectivity index (χ0) is 24.1. The van der Waals surface area contributed by atoms with Crippen molar-refractivity contribution in [3.63, 3.8) is 0 Å². The predicted molar refractivity (Wildman–Crippen MR) is 121 cm³/mol. The molecular formula is C24H17FN4O5. The average molecular weight is 460 g/mol. The van der Waals surface area contributed by atoms with Gasteiger partial charge in [-0.2, -0.15) is 9.49 Å². The van der Waals surface area contributed by atoms with Crippen LogP contribution in [0.25, 0.3) is 16.9 Å². The number of amides is 1. The van der Waals surface area contributed by atoms with E-state index in [1.54, 1.807) is 30.3 Å². The number of carbonyl (C=O) groups is 2. The number of benzene rings is 3. The second-order valence-electron chi connectivity index (χ2n) is 7.08. The molecule has 0 saturated carbocycles. The van der Waals surface area contributed by atoms with E-state index < -0.39 is 34.9 Å². The highest BCUT2D eigenvalue weighted by Gasteiger charge is 2.20. The van der Waals surface area contributed by atoms with Gasteiger partial charge in [0.15, 0.2) is 12.3 Å². The molecule has 0 aliphatic carbocycles. The first-order chi connectivity index (χ1) is 16.4. The molecule has 0 unspecified atom stereocenters. The number of aromatic nitrogens is 2. The first-order valence-electron chi connectivity index (χ1n) is 10.0. The summed E-state index contributed by atoms with van der Waals surface area (Å²) in [7, 11) is 0. The molecule has 9 nitrogen and oxygen atoms in total. The molecule has 0 aliphatic rings. The summed E-state index contributed by atoms with van der Waals surface area (Å²) in [5.41, 5.74) is 1.28.